The molecule has 1 saturated heterocycles. The first-order valence-corrected chi connectivity index (χ1v) is 7.64. The van der Waals surface area contributed by atoms with Crippen LogP contribution in [0.3, 0.4) is 0 Å². The normalized spacial score (nSPS) is 39.6. The molecule has 0 spiro atoms. The third-order valence-electron chi connectivity index (χ3n) is 3.42. The summed E-state index contributed by atoms with van der Waals surface area (Å²) in [6, 6.07) is -0.473. The molecule has 6 atom stereocenters. The van der Waals surface area contributed by atoms with E-state index in [0.29, 0.717) is 6.42 Å². The molecule has 7 heteroatoms. The highest BCUT2D eigenvalue weighted by Gasteiger charge is 2.49. The number of hydrogen-bond acceptors (Lipinski definition) is 7. The molecule has 4 N–H and O–H groups in total. The zero-order valence-corrected chi connectivity index (χ0v) is 12.0. The predicted molar refractivity (Wildman–Crippen MR) is 74.1 cm³/mol. The van der Waals surface area contributed by atoms with Gasteiger partial charge in [0.05, 0.1) is 6.10 Å². The third kappa shape index (κ3) is 3.05. The van der Waals surface area contributed by atoms with E-state index >= 15 is 0 Å². The minimum absolute atomic E-state index is 0.344. The Bertz CT molecular complexity index is 342. The molecule has 0 radical (unpaired) electrons. The average Bonchev–Trinajstić information content (AvgIpc) is 2.82. The lowest BCUT2D eigenvalue weighted by atomic mass is 9.94. The molecular weight excluding hydrogens is 268 g/mol. The zero-order valence-electron chi connectivity index (χ0n) is 11.2. The second-order valence-electron chi connectivity index (χ2n) is 4.90. The first-order chi connectivity index (χ1) is 9.08. The van der Waals surface area contributed by atoms with E-state index in [-0.39, 0.29) is 5.44 Å². The molecule has 0 saturated carbocycles. The number of fused-ring (bicyclic) bond motifs is 1. The Morgan fingerprint density at radius 3 is 2.74 bits per heavy atom. The maximum Gasteiger partial charge on any atom is 0.159 e. The molecule has 1 unspecified atom stereocenters. The SMILES string of the molecule is CCCNC1=N[C@@H]2[C@@H](O)[C@H](O)[C@@H](C(O)CC)O[C@@H]2S1. The van der Waals surface area contributed by atoms with Gasteiger partial charge < -0.3 is 25.4 Å². The fraction of sp³-hybridized carbons (Fsp3) is 0.917. The van der Waals surface area contributed by atoms with Gasteiger partial charge in [-0.2, -0.15) is 0 Å². The lowest BCUT2D eigenvalue weighted by Gasteiger charge is -2.40. The van der Waals surface area contributed by atoms with E-state index in [1.807, 2.05) is 6.92 Å². The standard InChI is InChI=1S/C12H22N2O4S/c1-3-5-13-12-14-7-8(16)9(17)10(6(15)4-2)18-11(7)19-12/h6-11,15-17H,3-5H2,1-2H3,(H,13,14)/t6?,7-,8-,9+,10-,11-/m1/s1. The van der Waals surface area contributed by atoms with Crippen LogP contribution in [-0.4, -0.2) is 62.9 Å². The Kier molecular flexibility index (Phi) is 5.08. The summed E-state index contributed by atoms with van der Waals surface area (Å²) in [5.41, 5.74) is -0.344. The van der Waals surface area contributed by atoms with Gasteiger partial charge >= 0.3 is 0 Å². The van der Waals surface area contributed by atoms with E-state index in [0.717, 1.165) is 18.1 Å². The maximum atomic E-state index is 10.1. The van der Waals surface area contributed by atoms with Crippen molar-refractivity contribution in [3.8, 4) is 0 Å². The van der Waals surface area contributed by atoms with Crippen molar-refractivity contribution in [1.29, 1.82) is 0 Å². The Labute approximate surface area is 117 Å². The fourth-order valence-electron chi connectivity index (χ4n) is 2.25. The number of nitrogens with zero attached hydrogens (tertiary/aromatic N) is 1. The summed E-state index contributed by atoms with van der Waals surface area (Å²) in [4.78, 5) is 4.35. The summed E-state index contributed by atoms with van der Waals surface area (Å²) in [5, 5.41) is 33.9. The van der Waals surface area contributed by atoms with Crippen LogP contribution in [0.2, 0.25) is 0 Å². The van der Waals surface area contributed by atoms with Crippen molar-refractivity contribution in [2.75, 3.05) is 6.54 Å². The van der Waals surface area contributed by atoms with Gasteiger partial charge in [0.15, 0.2) is 5.17 Å². The van der Waals surface area contributed by atoms with Crippen molar-refractivity contribution in [3.05, 3.63) is 0 Å². The quantitative estimate of drug-likeness (QED) is 0.567. The van der Waals surface area contributed by atoms with Gasteiger partial charge in [-0.05, 0) is 12.8 Å². The van der Waals surface area contributed by atoms with Crippen LogP contribution in [0.25, 0.3) is 0 Å². The van der Waals surface area contributed by atoms with Crippen LogP contribution >= 0.6 is 11.8 Å². The molecule has 2 aliphatic heterocycles. The first kappa shape index (κ1) is 15.1. The molecule has 0 bridgehead atoms. The Morgan fingerprint density at radius 2 is 2.11 bits per heavy atom. The summed E-state index contributed by atoms with van der Waals surface area (Å²) in [6.07, 6.45) is -2.19. The van der Waals surface area contributed by atoms with Gasteiger partial charge in [0.1, 0.15) is 29.8 Å². The number of aliphatic imine (C=N–C) groups is 1. The molecule has 2 rings (SSSR count). The largest absolute Gasteiger partial charge is 0.390 e. The molecule has 1 fully saturated rings. The third-order valence-corrected chi connectivity index (χ3v) is 4.52. The summed E-state index contributed by atoms with van der Waals surface area (Å²) in [6.45, 7) is 4.68. The van der Waals surface area contributed by atoms with Gasteiger partial charge in [-0.25, -0.2) is 0 Å². The molecular formula is C12H22N2O4S. The van der Waals surface area contributed by atoms with E-state index in [1.165, 1.54) is 11.8 Å². The van der Waals surface area contributed by atoms with Crippen molar-refractivity contribution in [2.24, 2.45) is 4.99 Å². The van der Waals surface area contributed by atoms with Gasteiger partial charge in [0.25, 0.3) is 0 Å². The van der Waals surface area contributed by atoms with Gasteiger partial charge in [-0.3, -0.25) is 4.99 Å². The van der Waals surface area contributed by atoms with Crippen molar-refractivity contribution < 1.29 is 20.1 Å². The van der Waals surface area contributed by atoms with Crippen LogP contribution in [0.15, 0.2) is 4.99 Å². The van der Waals surface area contributed by atoms with Crippen LogP contribution in [0.4, 0.5) is 0 Å². The predicted octanol–water partition coefficient (Wildman–Crippen LogP) is -0.325. The monoisotopic (exact) mass is 290 g/mol. The zero-order chi connectivity index (χ0) is 14.0. The molecule has 0 aromatic heterocycles. The second kappa shape index (κ2) is 6.41. The van der Waals surface area contributed by atoms with Crippen LogP contribution in [0.5, 0.6) is 0 Å². The average molecular weight is 290 g/mol. The first-order valence-electron chi connectivity index (χ1n) is 6.76. The van der Waals surface area contributed by atoms with Crippen LogP contribution in [-0.2, 0) is 4.74 Å². The Hall–Kier alpha value is -0.340. The van der Waals surface area contributed by atoms with Crippen LogP contribution in [0, 0.1) is 0 Å². The molecule has 0 amide bonds. The molecule has 19 heavy (non-hydrogen) atoms. The number of nitrogens with one attached hydrogen (secondary N) is 1. The highest BCUT2D eigenvalue weighted by molar-refractivity contribution is 8.14. The van der Waals surface area contributed by atoms with Crippen LogP contribution < -0.4 is 5.32 Å². The lowest BCUT2D eigenvalue weighted by Crippen LogP contribution is -2.58. The van der Waals surface area contributed by atoms with E-state index < -0.39 is 30.5 Å². The number of aliphatic hydroxyl groups is 3. The van der Waals surface area contributed by atoms with Crippen LogP contribution in [0.1, 0.15) is 26.7 Å². The minimum Gasteiger partial charge on any atom is -0.390 e. The Balaban J connectivity index is 2.04. The lowest BCUT2D eigenvalue weighted by molar-refractivity contribution is -0.185. The number of aliphatic hydroxyl groups excluding tert-OH is 3. The van der Waals surface area contributed by atoms with Crippen molar-refractivity contribution in [1.82, 2.24) is 5.32 Å². The van der Waals surface area contributed by atoms with Gasteiger partial charge in [0, 0.05) is 6.54 Å². The summed E-state index contributed by atoms with van der Waals surface area (Å²) in [7, 11) is 0. The van der Waals surface area contributed by atoms with Gasteiger partial charge in [-0.1, -0.05) is 25.6 Å². The highest BCUT2D eigenvalue weighted by atomic mass is 32.2. The van der Waals surface area contributed by atoms with Crippen molar-refractivity contribution >= 4 is 16.9 Å². The summed E-state index contributed by atoms with van der Waals surface area (Å²) >= 11 is 1.41. The molecule has 0 aromatic carbocycles. The molecule has 2 aliphatic rings. The maximum absolute atomic E-state index is 10.1. The van der Waals surface area contributed by atoms with E-state index in [1.54, 1.807) is 0 Å². The van der Waals surface area contributed by atoms with E-state index in [2.05, 4.69) is 17.2 Å². The number of thioether (sulfide) groups is 1. The summed E-state index contributed by atoms with van der Waals surface area (Å²) < 4.78 is 5.70. The summed E-state index contributed by atoms with van der Waals surface area (Å²) in [5.74, 6) is 0. The molecule has 0 aliphatic carbocycles. The van der Waals surface area contributed by atoms with Gasteiger partial charge in [0.2, 0.25) is 0 Å². The Morgan fingerprint density at radius 1 is 1.37 bits per heavy atom. The smallest absolute Gasteiger partial charge is 0.159 e. The molecule has 110 valence electrons. The molecule has 2 heterocycles. The fourth-order valence-corrected chi connectivity index (χ4v) is 3.39. The topological polar surface area (TPSA) is 94.3 Å². The molecule has 6 nitrogen and oxygen atoms in total. The minimum atomic E-state index is -1.11. The van der Waals surface area contributed by atoms with E-state index in [9.17, 15) is 15.3 Å². The second-order valence-corrected chi connectivity index (χ2v) is 5.98. The van der Waals surface area contributed by atoms with Crippen molar-refractivity contribution in [3.63, 3.8) is 0 Å². The number of amidine groups is 1. The van der Waals surface area contributed by atoms with E-state index in [4.69, 9.17) is 4.74 Å². The highest BCUT2D eigenvalue weighted by Crippen LogP contribution is 2.36. The number of hydrogen-bond donors (Lipinski definition) is 4. The van der Waals surface area contributed by atoms with Crippen molar-refractivity contribution in [2.45, 2.75) is 62.6 Å². The number of rotatable bonds is 4. The molecule has 0 aromatic rings. The van der Waals surface area contributed by atoms with Gasteiger partial charge in [-0.15, -0.1) is 0 Å². The number of ether oxygens (including phenoxy) is 1.